The van der Waals surface area contributed by atoms with Gasteiger partial charge in [-0.15, -0.1) is 0 Å². The molecule has 0 aliphatic carbocycles. The Morgan fingerprint density at radius 1 is 1.09 bits per heavy atom. The van der Waals surface area contributed by atoms with Crippen molar-refractivity contribution in [3.63, 3.8) is 0 Å². The number of benzene rings is 2. The molecule has 5 nitrogen and oxygen atoms in total. The smallest absolute Gasteiger partial charge is 0.250 e. The molecule has 4 rings (SSSR count). The van der Waals surface area contributed by atoms with Crippen molar-refractivity contribution >= 4 is 52.3 Å². The van der Waals surface area contributed by atoms with Crippen LogP contribution in [0.1, 0.15) is 31.9 Å². The minimum absolute atomic E-state index is 0.241. The van der Waals surface area contributed by atoms with E-state index in [-0.39, 0.29) is 11.0 Å². The summed E-state index contributed by atoms with van der Waals surface area (Å²) in [4.78, 5) is 14.7. The third kappa shape index (κ3) is 6.24. The number of amides is 1. The Morgan fingerprint density at radius 2 is 1.85 bits per heavy atom. The fourth-order valence-electron chi connectivity index (χ4n) is 3.90. The molecule has 1 aliphatic rings. The molecular weight excluding hydrogens is 454 g/mol. The molecule has 0 spiro atoms. The number of rotatable bonds is 5. The highest BCUT2D eigenvalue weighted by molar-refractivity contribution is 7.80. The molecule has 1 atom stereocenters. The fourth-order valence-corrected chi connectivity index (χ4v) is 4.25. The molecule has 0 saturated carbocycles. The van der Waals surface area contributed by atoms with Gasteiger partial charge < -0.3 is 14.6 Å². The van der Waals surface area contributed by atoms with Crippen molar-refractivity contribution in [2.24, 2.45) is 0 Å². The number of carbonyl (C=O) groups excluding carboxylic acids is 1. The normalized spacial score (nSPS) is 16.1. The lowest BCUT2D eigenvalue weighted by Gasteiger charge is -2.35. The standard InChI is InChI=1S/C26H26ClN3O2S/c1-18-4-2-3-17-30(18)22-11-9-21(10-12-22)28-26(33)29-25(31)16-14-23-13-15-24(32-23)19-5-7-20(27)8-6-19/h5-16,18H,2-4,17H2,1H3,(H2,28,29,31,33)/b16-14+/t18-/m1/s1. The van der Waals surface area contributed by atoms with Gasteiger partial charge in [-0.1, -0.05) is 11.6 Å². The molecule has 2 aromatic carbocycles. The molecule has 0 radical (unpaired) electrons. The monoisotopic (exact) mass is 479 g/mol. The molecule has 0 bridgehead atoms. The maximum atomic E-state index is 12.2. The number of nitrogens with one attached hydrogen (secondary N) is 2. The van der Waals surface area contributed by atoms with E-state index in [4.69, 9.17) is 28.2 Å². The van der Waals surface area contributed by atoms with Gasteiger partial charge in [-0.25, -0.2) is 0 Å². The molecule has 1 aliphatic heterocycles. The second kappa shape index (κ2) is 10.7. The summed E-state index contributed by atoms with van der Waals surface area (Å²) in [6.45, 7) is 3.36. The number of hydrogen-bond donors (Lipinski definition) is 2. The van der Waals surface area contributed by atoms with Crippen molar-refractivity contribution in [2.75, 3.05) is 16.8 Å². The first-order valence-corrected chi connectivity index (χ1v) is 11.8. The van der Waals surface area contributed by atoms with Crippen LogP contribution in [0.4, 0.5) is 11.4 Å². The molecule has 170 valence electrons. The lowest BCUT2D eigenvalue weighted by Crippen LogP contribution is -2.37. The summed E-state index contributed by atoms with van der Waals surface area (Å²) in [5, 5.41) is 6.62. The zero-order chi connectivity index (χ0) is 23.2. The van der Waals surface area contributed by atoms with Gasteiger partial charge >= 0.3 is 0 Å². The highest BCUT2D eigenvalue weighted by atomic mass is 35.5. The average molecular weight is 480 g/mol. The zero-order valence-corrected chi connectivity index (χ0v) is 20.0. The predicted octanol–water partition coefficient (Wildman–Crippen LogP) is 6.51. The summed E-state index contributed by atoms with van der Waals surface area (Å²) in [5.74, 6) is 0.929. The Bertz CT molecular complexity index is 1140. The van der Waals surface area contributed by atoms with Gasteiger partial charge in [-0.2, -0.15) is 0 Å². The highest BCUT2D eigenvalue weighted by Crippen LogP contribution is 2.26. The molecule has 7 heteroatoms. The number of nitrogens with zero attached hydrogens (tertiary/aromatic N) is 1. The summed E-state index contributed by atoms with van der Waals surface area (Å²) in [6, 6.07) is 19.7. The number of piperidine rings is 1. The average Bonchev–Trinajstić information content (AvgIpc) is 3.28. The molecule has 1 aromatic heterocycles. The van der Waals surface area contributed by atoms with Crippen LogP contribution in [0.3, 0.4) is 0 Å². The first-order valence-electron chi connectivity index (χ1n) is 11.0. The summed E-state index contributed by atoms with van der Waals surface area (Å²) >= 11 is 11.2. The van der Waals surface area contributed by atoms with Gasteiger partial charge in [0.15, 0.2) is 5.11 Å². The Kier molecular flexibility index (Phi) is 7.47. The Labute approximate surface area is 204 Å². The van der Waals surface area contributed by atoms with E-state index in [0.717, 1.165) is 17.8 Å². The van der Waals surface area contributed by atoms with E-state index < -0.39 is 0 Å². The first kappa shape index (κ1) is 23.1. The minimum atomic E-state index is -0.337. The van der Waals surface area contributed by atoms with Crippen LogP contribution in [0.5, 0.6) is 0 Å². The van der Waals surface area contributed by atoms with E-state index >= 15 is 0 Å². The summed E-state index contributed by atoms with van der Waals surface area (Å²) < 4.78 is 5.77. The number of furan rings is 1. The van der Waals surface area contributed by atoms with E-state index in [2.05, 4.69) is 34.6 Å². The van der Waals surface area contributed by atoms with E-state index in [1.54, 1.807) is 24.3 Å². The second-order valence-corrected chi connectivity index (χ2v) is 8.92. The second-order valence-electron chi connectivity index (χ2n) is 8.07. The van der Waals surface area contributed by atoms with Crippen LogP contribution in [-0.2, 0) is 4.79 Å². The Hall–Kier alpha value is -3.09. The van der Waals surface area contributed by atoms with Crippen LogP contribution in [0.15, 0.2) is 71.2 Å². The fraction of sp³-hybridized carbons (Fsp3) is 0.231. The van der Waals surface area contributed by atoms with E-state index in [1.807, 2.05) is 30.3 Å². The summed E-state index contributed by atoms with van der Waals surface area (Å²) in [6.07, 6.45) is 6.74. The Morgan fingerprint density at radius 3 is 2.58 bits per heavy atom. The van der Waals surface area contributed by atoms with Gasteiger partial charge in [-0.05, 0) is 105 Å². The molecule has 1 fully saturated rings. The molecule has 3 aromatic rings. The van der Waals surface area contributed by atoms with Gasteiger partial charge in [0.1, 0.15) is 11.5 Å². The van der Waals surface area contributed by atoms with Gasteiger partial charge in [0, 0.05) is 40.6 Å². The molecule has 1 saturated heterocycles. The maximum Gasteiger partial charge on any atom is 0.250 e. The minimum Gasteiger partial charge on any atom is -0.457 e. The van der Waals surface area contributed by atoms with Gasteiger partial charge in [0.05, 0.1) is 0 Å². The van der Waals surface area contributed by atoms with E-state index in [9.17, 15) is 4.79 Å². The van der Waals surface area contributed by atoms with Crippen LogP contribution in [0.2, 0.25) is 5.02 Å². The Balaban J connectivity index is 1.28. The molecule has 0 unspecified atom stereocenters. The van der Waals surface area contributed by atoms with E-state index in [0.29, 0.717) is 22.6 Å². The van der Waals surface area contributed by atoms with E-state index in [1.165, 1.54) is 31.0 Å². The predicted molar refractivity (Wildman–Crippen MR) is 140 cm³/mol. The topological polar surface area (TPSA) is 57.5 Å². The maximum absolute atomic E-state index is 12.2. The number of halogens is 1. The van der Waals surface area contributed by atoms with Crippen LogP contribution in [0, 0.1) is 0 Å². The lowest BCUT2D eigenvalue weighted by molar-refractivity contribution is -0.115. The zero-order valence-electron chi connectivity index (χ0n) is 18.4. The van der Waals surface area contributed by atoms with Gasteiger partial charge in [0.2, 0.25) is 5.91 Å². The summed E-state index contributed by atoms with van der Waals surface area (Å²) in [7, 11) is 0. The van der Waals surface area contributed by atoms with Crippen LogP contribution < -0.4 is 15.5 Å². The number of thiocarbonyl (C=S) groups is 1. The summed E-state index contributed by atoms with van der Waals surface area (Å²) in [5.41, 5.74) is 2.95. The van der Waals surface area contributed by atoms with Crippen LogP contribution in [0.25, 0.3) is 17.4 Å². The number of anilines is 2. The van der Waals surface area contributed by atoms with Crippen LogP contribution >= 0.6 is 23.8 Å². The molecule has 1 amide bonds. The van der Waals surface area contributed by atoms with Crippen molar-refractivity contribution in [3.8, 4) is 11.3 Å². The largest absolute Gasteiger partial charge is 0.457 e. The van der Waals surface area contributed by atoms with Gasteiger partial charge in [0.25, 0.3) is 0 Å². The van der Waals surface area contributed by atoms with Crippen LogP contribution in [-0.4, -0.2) is 23.6 Å². The molecule has 2 N–H and O–H groups in total. The highest BCUT2D eigenvalue weighted by Gasteiger charge is 2.18. The molecule has 33 heavy (non-hydrogen) atoms. The quantitative estimate of drug-likeness (QED) is 0.323. The van der Waals surface area contributed by atoms with Gasteiger partial charge in [-0.3, -0.25) is 10.1 Å². The SMILES string of the molecule is C[C@@H]1CCCCN1c1ccc(NC(=S)NC(=O)/C=C/c2ccc(-c3ccc(Cl)cc3)o2)cc1. The van der Waals surface area contributed by atoms with Crippen molar-refractivity contribution in [3.05, 3.63) is 77.5 Å². The lowest BCUT2D eigenvalue weighted by atomic mass is 10.0. The van der Waals surface area contributed by atoms with Crippen molar-refractivity contribution in [1.82, 2.24) is 5.32 Å². The first-order chi connectivity index (χ1) is 16.0. The number of hydrogen-bond acceptors (Lipinski definition) is 4. The third-order valence-electron chi connectivity index (χ3n) is 5.65. The number of carbonyl (C=O) groups is 1. The van der Waals surface area contributed by atoms with Crippen molar-refractivity contribution < 1.29 is 9.21 Å². The third-order valence-corrected chi connectivity index (χ3v) is 6.11. The van der Waals surface area contributed by atoms with Crippen molar-refractivity contribution in [1.29, 1.82) is 0 Å². The molecular formula is C26H26ClN3O2S. The van der Waals surface area contributed by atoms with Crippen molar-refractivity contribution in [2.45, 2.75) is 32.2 Å². The molecule has 2 heterocycles.